The van der Waals surface area contributed by atoms with Crippen LogP contribution < -0.4 is 15.6 Å². The summed E-state index contributed by atoms with van der Waals surface area (Å²) in [7, 11) is 0. The lowest BCUT2D eigenvalue weighted by atomic mass is 10.1. The summed E-state index contributed by atoms with van der Waals surface area (Å²) in [5.74, 6) is -1.05. The van der Waals surface area contributed by atoms with E-state index in [4.69, 9.17) is 15.6 Å². The molecule has 0 unspecified atom stereocenters. The standard InChI is InChI=1S/C19H23N3O4/c1-14(10-15-6-3-2-4-7-15)21-19(25)26-13-22-9-5-8-16(12-22)11-17(20)18(23)24/h2-9,12,14,17H,10-11,13,20H2,1H3,(H-,21,23,24,25)/p+1/t14-,17-/m0/s1. The van der Waals surface area contributed by atoms with Gasteiger partial charge in [0, 0.05) is 24.1 Å². The number of amides is 1. The van der Waals surface area contributed by atoms with Crippen LogP contribution in [0.15, 0.2) is 54.9 Å². The summed E-state index contributed by atoms with van der Waals surface area (Å²) in [6, 6.07) is 12.4. The van der Waals surface area contributed by atoms with Crippen molar-refractivity contribution in [2.24, 2.45) is 5.73 Å². The van der Waals surface area contributed by atoms with Crippen LogP contribution in [0.3, 0.4) is 0 Å². The third-order valence-electron chi connectivity index (χ3n) is 3.79. The fourth-order valence-corrected chi connectivity index (χ4v) is 2.51. The summed E-state index contributed by atoms with van der Waals surface area (Å²) >= 11 is 0. The molecule has 0 fully saturated rings. The van der Waals surface area contributed by atoms with E-state index in [0.29, 0.717) is 6.42 Å². The van der Waals surface area contributed by atoms with Gasteiger partial charge < -0.3 is 20.9 Å². The minimum Gasteiger partial charge on any atom is -0.480 e. The number of nitrogens with two attached hydrogens (primary N) is 1. The molecule has 2 rings (SSSR count). The summed E-state index contributed by atoms with van der Waals surface area (Å²) in [5, 5.41) is 11.7. The molecule has 0 radical (unpaired) electrons. The zero-order valence-electron chi connectivity index (χ0n) is 14.7. The third kappa shape index (κ3) is 6.52. The van der Waals surface area contributed by atoms with Crippen LogP contribution in [-0.2, 0) is 29.1 Å². The average Bonchev–Trinajstić information content (AvgIpc) is 2.61. The number of benzene rings is 1. The first kappa shape index (κ1) is 19.4. The molecule has 0 aliphatic carbocycles. The number of aromatic nitrogens is 1. The van der Waals surface area contributed by atoms with Gasteiger partial charge in [-0.3, -0.25) is 4.79 Å². The quantitative estimate of drug-likeness (QED) is 0.616. The van der Waals surface area contributed by atoms with Gasteiger partial charge in [-0.25, -0.2) is 4.79 Å². The third-order valence-corrected chi connectivity index (χ3v) is 3.79. The average molecular weight is 358 g/mol. The maximum Gasteiger partial charge on any atom is 0.412 e. The molecule has 1 aromatic carbocycles. The van der Waals surface area contributed by atoms with Crippen LogP contribution in [0.25, 0.3) is 0 Å². The van der Waals surface area contributed by atoms with E-state index in [1.807, 2.05) is 37.3 Å². The van der Waals surface area contributed by atoms with Crippen molar-refractivity contribution < 1.29 is 24.0 Å². The number of rotatable bonds is 8. The summed E-state index contributed by atoms with van der Waals surface area (Å²) in [5.41, 5.74) is 7.42. The van der Waals surface area contributed by atoms with Crippen LogP contribution in [0.5, 0.6) is 0 Å². The van der Waals surface area contributed by atoms with Crippen molar-refractivity contribution in [3.8, 4) is 0 Å². The van der Waals surface area contributed by atoms with E-state index in [-0.39, 0.29) is 19.2 Å². The van der Waals surface area contributed by atoms with Gasteiger partial charge in [0.05, 0.1) is 0 Å². The number of aliphatic carboxylic acids is 1. The molecular formula is C19H24N3O4+. The van der Waals surface area contributed by atoms with Crippen molar-refractivity contribution in [2.45, 2.75) is 38.6 Å². The Kier molecular flexibility index (Phi) is 7.11. The van der Waals surface area contributed by atoms with Crippen LogP contribution in [-0.4, -0.2) is 29.3 Å². The summed E-state index contributed by atoms with van der Waals surface area (Å²) in [6.45, 7) is 1.94. The largest absolute Gasteiger partial charge is 0.480 e. The Labute approximate surface area is 152 Å². The Morgan fingerprint density at radius 2 is 1.85 bits per heavy atom. The second-order valence-corrected chi connectivity index (χ2v) is 6.17. The lowest BCUT2D eigenvalue weighted by molar-refractivity contribution is -0.727. The molecular weight excluding hydrogens is 334 g/mol. The topological polar surface area (TPSA) is 106 Å². The highest BCUT2D eigenvalue weighted by Gasteiger charge is 2.15. The van der Waals surface area contributed by atoms with Crippen molar-refractivity contribution in [3.05, 3.63) is 66.0 Å². The molecule has 138 valence electrons. The number of pyridine rings is 1. The van der Waals surface area contributed by atoms with Gasteiger partial charge in [0.25, 0.3) is 6.73 Å². The van der Waals surface area contributed by atoms with Gasteiger partial charge in [-0.15, -0.1) is 0 Å². The lowest BCUT2D eigenvalue weighted by Gasteiger charge is -2.13. The first-order valence-electron chi connectivity index (χ1n) is 8.37. The number of carboxylic acid groups (broad SMARTS) is 1. The maximum atomic E-state index is 11.9. The number of nitrogens with zero attached hydrogens (tertiary/aromatic N) is 1. The molecule has 0 saturated heterocycles. The molecule has 1 aromatic heterocycles. The highest BCUT2D eigenvalue weighted by molar-refractivity contribution is 5.73. The SMILES string of the molecule is C[C@@H](Cc1ccccc1)NC(=O)OC[n+]1cccc(C[C@H](N)C(=O)O)c1. The first-order chi connectivity index (χ1) is 12.4. The molecule has 7 heteroatoms. The molecule has 4 N–H and O–H groups in total. The van der Waals surface area contributed by atoms with Crippen molar-refractivity contribution in [1.82, 2.24) is 5.32 Å². The van der Waals surface area contributed by atoms with Gasteiger partial charge in [0.15, 0.2) is 12.4 Å². The Balaban J connectivity index is 1.80. The highest BCUT2D eigenvalue weighted by Crippen LogP contribution is 2.03. The van der Waals surface area contributed by atoms with Gasteiger partial charge >= 0.3 is 12.1 Å². The number of hydrogen-bond donors (Lipinski definition) is 3. The normalized spacial score (nSPS) is 12.8. The molecule has 0 bridgehead atoms. The van der Waals surface area contributed by atoms with E-state index in [1.165, 1.54) is 0 Å². The number of hydrogen-bond acceptors (Lipinski definition) is 4. The van der Waals surface area contributed by atoms with E-state index in [2.05, 4.69) is 5.32 Å². The Morgan fingerprint density at radius 1 is 1.15 bits per heavy atom. The van der Waals surface area contributed by atoms with Crippen LogP contribution in [0.2, 0.25) is 0 Å². The minimum absolute atomic E-state index is 0.0278. The second-order valence-electron chi connectivity index (χ2n) is 6.17. The van der Waals surface area contributed by atoms with Crippen molar-refractivity contribution >= 4 is 12.1 Å². The van der Waals surface area contributed by atoms with Gasteiger partial charge in [-0.05, 0) is 25.0 Å². The molecule has 2 aromatic rings. The molecule has 0 aliphatic heterocycles. The Morgan fingerprint density at radius 3 is 2.54 bits per heavy atom. The number of nitrogens with one attached hydrogen (secondary N) is 1. The molecule has 1 amide bonds. The van der Waals surface area contributed by atoms with E-state index in [0.717, 1.165) is 11.1 Å². The number of alkyl carbamates (subject to hydrolysis) is 1. The number of carboxylic acids is 1. The van der Waals surface area contributed by atoms with Crippen LogP contribution in [0.1, 0.15) is 18.1 Å². The lowest BCUT2D eigenvalue weighted by Crippen LogP contribution is -2.41. The Bertz CT molecular complexity index is 737. The number of carbonyl (C=O) groups excluding carboxylic acids is 1. The zero-order chi connectivity index (χ0) is 18.9. The zero-order valence-corrected chi connectivity index (χ0v) is 14.7. The molecule has 0 aliphatic rings. The maximum absolute atomic E-state index is 11.9. The second kappa shape index (κ2) is 9.53. The molecule has 0 saturated carbocycles. The molecule has 1 heterocycles. The predicted octanol–water partition coefficient (Wildman–Crippen LogP) is 1.24. The molecule has 0 spiro atoms. The first-order valence-corrected chi connectivity index (χ1v) is 8.37. The van der Waals surface area contributed by atoms with E-state index in [9.17, 15) is 9.59 Å². The minimum atomic E-state index is -1.05. The monoisotopic (exact) mass is 358 g/mol. The fourth-order valence-electron chi connectivity index (χ4n) is 2.51. The van der Waals surface area contributed by atoms with E-state index in [1.54, 1.807) is 29.1 Å². The van der Waals surface area contributed by atoms with Crippen molar-refractivity contribution in [3.63, 3.8) is 0 Å². The van der Waals surface area contributed by atoms with Crippen molar-refractivity contribution in [2.75, 3.05) is 0 Å². The van der Waals surface area contributed by atoms with E-state index < -0.39 is 18.1 Å². The van der Waals surface area contributed by atoms with Crippen LogP contribution >= 0.6 is 0 Å². The van der Waals surface area contributed by atoms with Crippen molar-refractivity contribution in [1.29, 1.82) is 0 Å². The van der Waals surface area contributed by atoms with Crippen LogP contribution in [0, 0.1) is 0 Å². The van der Waals surface area contributed by atoms with Gasteiger partial charge in [0.1, 0.15) is 6.04 Å². The predicted molar refractivity (Wildman–Crippen MR) is 95.2 cm³/mol. The summed E-state index contributed by atoms with van der Waals surface area (Å²) in [6.07, 6.45) is 3.86. The van der Waals surface area contributed by atoms with Gasteiger partial charge in [0.2, 0.25) is 0 Å². The van der Waals surface area contributed by atoms with Crippen LogP contribution in [0.4, 0.5) is 4.79 Å². The van der Waals surface area contributed by atoms with Gasteiger partial charge in [-0.2, -0.15) is 4.57 Å². The fraction of sp³-hybridized carbons (Fsp3) is 0.316. The summed E-state index contributed by atoms with van der Waals surface area (Å²) < 4.78 is 6.87. The molecule has 7 nitrogen and oxygen atoms in total. The molecule has 26 heavy (non-hydrogen) atoms. The smallest absolute Gasteiger partial charge is 0.412 e. The highest BCUT2D eigenvalue weighted by atomic mass is 16.6. The Hall–Kier alpha value is -2.93. The molecule has 2 atom stereocenters. The van der Waals surface area contributed by atoms with Gasteiger partial charge in [-0.1, -0.05) is 30.3 Å². The number of carbonyl (C=O) groups is 2. The number of ether oxygens (including phenoxy) is 1. The van der Waals surface area contributed by atoms with E-state index >= 15 is 0 Å². The summed E-state index contributed by atoms with van der Waals surface area (Å²) in [4.78, 5) is 22.8.